The molecule has 6 heteroatoms. The van der Waals surface area contributed by atoms with Gasteiger partial charge < -0.3 is 5.32 Å². The van der Waals surface area contributed by atoms with E-state index in [0.29, 0.717) is 11.8 Å². The lowest BCUT2D eigenvalue weighted by Crippen LogP contribution is -2.33. The third kappa shape index (κ3) is 2.30. The highest BCUT2D eigenvalue weighted by atomic mass is 35.5. The first-order valence-corrected chi connectivity index (χ1v) is 6.23. The summed E-state index contributed by atoms with van der Waals surface area (Å²) < 4.78 is -0.212. The molecule has 0 saturated heterocycles. The number of halogens is 1. The number of fused-ring (bicyclic) bond motifs is 1. The maximum absolute atomic E-state index is 6.30. The molecular formula is C13H13ClN5+. The number of nitrogens with zero attached hydrogens (tertiary/aromatic N) is 4. The molecule has 2 aliphatic rings. The summed E-state index contributed by atoms with van der Waals surface area (Å²) in [7, 11) is 0. The van der Waals surface area contributed by atoms with Crippen LogP contribution in [0, 0.1) is 13.8 Å². The van der Waals surface area contributed by atoms with E-state index in [1.165, 1.54) is 11.1 Å². The summed E-state index contributed by atoms with van der Waals surface area (Å²) >= 11 is 6.30. The third-order valence-corrected chi connectivity index (χ3v) is 3.16. The first kappa shape index (κ1) is 12.1. The number of nitrogens with one attached hydrogen (secondary N) is 1. The maximum atomic E-state index is 6.30. The molecule has 0 aromatic heterocycles. The number of quaternary nitrogens is 1. The number of guanidine groups is 1. The number of aryl methyl sites for hydroxylation is 2. The van der Waals surface area contributed by atoms with Crippen molar-refractivity contribution in [3.8, 4) is 0 Å². The highest BCUT2D eigenvalue weighted by molar-refractivity contribution is 6.36. The Morgan fingerprint density at radius 3 is 2.58 bits per heavy atom. The predicted molar refractivity (Wildman–Crippen MR) is 78.2 cm³/mol. The van der Waals surface area contributed by atoms with Crippen molar-refractivity contribution in [3.63, 3.8) is 0 Å². The first-order valence-electron chi connectivity index (χ1n) is 5.89. The van der Waals surface area contributed by atoms with Crippen molar-refractivity contribution in [1.29, 1.82) is 0 Å². The molecule has 0 radical (unpaired) electrons. The van der Waals surface area contributed by atoms with Gasteiger partial charge >= 0.3 is 0 Å². The Labute approximate surface area is 116 Å². The van der Waals surface area contributed by atoms with Gasteiger partial charge in [0.15, 0.2) is 6.20 Å². The fourth-order valence-electron chi connectivity index (χ4n) is 2.08. The smallest absolute Gasteiger partial charge is 0.300 e. The van der Waals surface area contributed by atoms with Gasteiger partial charge in [0.1, 0.15) is 6.21 Å². The Morgan fingerprint density at radius 2 is 1.89 bits per heavy atom. The van der Waals surface area contributed by atoms with Crippen LogP contribution in [0.1, 0.15) is 11.1 Å². The lowest BCUT2D eigenvalue weighted by atomic mass is 10.1. The number of rotatable bonds is 1. The van der Waals surface area contributed by atoms with Crippen LogP contribution in [0.2, 0.25) is 0 Å². The Balaban J connectivity index is 1.89. The summed E-state index contributed by atoms with van der Waals surface area (Å²) in [6.07, 6.45) is 4.87. The van der Waals surface area contributed by atoms with Gasteiger partial charge in [-0.25, -0.2) is 0 Å². The van der Waals surface area contributed by atoms with E-state index in [1.807, 2.05) is 12.1 Å². The summed E-state index contributed by atoms with van der Waals surface area (Å²) in [5, 5.41) is 7.49. The molecule has 0 spiro atoms. The van der Waals surface area contributed by atoms with Crippen LogP contribution in [0.4, 0.5) is 5.69 Å². The van der Waals surface area contributed by atoms with Crippen molar-refractivity contribution in [2.45, 2.75) is 13.8 Å². The number of anilines is 1. The van der Waals surface area contributed by atoms with Crippen molar-refractivity contribution in [1.82, 2.24) is 0 Å². The van der Waals surface area contributed by atoms with Gasteiger partial charge in [0.2, 0.25) is 11.8 Å². The molecule has 3 rings (SSSR count). The minimum absolute atomic E-state index is 0.212. The first-order chi connectivity index (χ1) is 9.05. The monoisotopic (exact) mass is 274 g/mol. The van der Waals surface area contributed by atoms with Crippen LogP contribution in [0.3, 0.4) is 0 Å². The molecular weight excluding hydrogens is 262 g/mol. The summed E-state index contributed by atoms with van der Waals surface area (Å²) in [5.41, 5.74) is 3.31. The summed E-state index contributed by atoms with van der Waals surface area (Å²) in [6, 6.07) is 6.19. The zero-order chi connectivity index (χ0) is 13.5. The van der Waals surface area contributed by atoms with Crippen LogP contribution in [-0.4, -0.2) is 22.1 Å². The van der Waals surface area contributed by atoms with E-state index in [4.69, 9.17) is 11.8 Å². The van der Waals surface area contributed by atoms with Gasteiger partial charge in [-0.3, -0.25) is 4.99 Å². The minimum atomic E-state index is -0.212. The predicted octanol–water partition coefficient (Wildman–Crippen LogP) is 2.92. The summed E-state index contributed by atoms with van der Waals surface area (Å²) in [5.74, 6) is 1.06. The maximum Gasteiger partial charge on any atom is 0.300 e. The number of hydrogen-bond acceptors (Lipinski definition) is 4. The van der Waals surface area contributed by atoms with Crippen LogP contribution in [0.15, 0.2) is 45.7 Å². The van der Waals surface area contributed by atoms with Crippen LogP contribution < -0.4 is 5.32 Å². The van der Waals surface area contributed by atoms with Gasteiger partial charge in [0.25, 0.3) is 11.8 Å². The van der Waals surface area contributed by atoms with Gasteiger partial charge in [0, 0.05) is 5.69 Å². The molecule has 0 bridgehead atoms. The second-order valence-electron chi connectivity index (χ2n) is 4.57. The van der Waals surface area contributed by atoms with Crippen LogP contribution in [-0.2, 0) is 0 Å². The standard InChI is InChI=1S/C13H13ClN5/c1-9-5-10(2)7-11(6-9)16-13-17-12-8-15-3-4-19(12,14)18-13/h3-8H,1-2H3,(H,16,18)/q+1. The largest absolute Gasteiger partial charge is 0.320 e. The fourth-order valence-corrected chi connectivity index (χ4v) is 2.28. The lowest BCUT2D eigenvalue weighted by Gasteiger charge is -2.12. The van der Waals surface area contributed by atoms with Crippen molar-refractivity contribution >= 4 is 35.5 Å². The molecule has 19 heavy (non-hydrogen) atoms. The Hall–Kier alpha value is -1.98. The van der Waals surface area contributed by atoms with E-state index in [0.717, 1.165) is 5.69 Å². The Morgan fingerprint density at radius 1 is 1.16 bits per heavy atom. The molecule has 1 N–H and O–H groups in total. The quantitative estimate of drug-likeness (QED) is 0.787. The van der Waals surface area contributed by atoms with E-state index in [1.54, 1.807) is 18.6 Å². The van der Waals surface area contributed by atoms with Gasteiger partial charge in [-0.15, -0.1) is 4.99 Å². The number of aliphatic imine (C=N–C) groups is 2. The molecule has 2 aliphatic heterocycles. The van der Waals surface area contributed by atoms with E-state index in [2.05, 4.69) is 40.3 Å². The topological polar surface area (TPSA) is 49.1 Å². The van der Waals surface area contributed by atoms with E-state index in [9.17, 15) is 0 Å². The zero-order valence-electron chi connectivity index (χ0n) is 10.6. The van der Waals surface area contributed by atoms with Crippen molar-refractivity contribution in [3.05, 3.63) is 41.7 Å². The van der Waals surface area contributed by atoms with Gasteiger partial charge in [-0.05, 0) is 46.3 Å². The third-order valence-electron chi connectivity index (χ3n) is 2.80. The second kappa shape index (κ2) is 4.29. The van der Waals surface area contributed by atoms with Crippen molar-refractivity contribution < 1.29 is 4.11 Å². The number of amidine groups is 1. The lowest BCUT2D eigenvalue weighted by molar-refractivity contribution is -0.659. The van der Waals surface area contributed by atoms with Gasteiger partial charge in [-0.2, -0.15) is 0 Å². The molecule has 0 saturated carbocycles. The average Bonchev–Trinajstić information content (AvgIpc) is 2.63. The highest BCUT2D eigenvalue weighted by Crippen LogP contribution is 2.25. The number of benzene rings is 1. The molecule has 0 amide bonds. The highest BCUT2D eigenvalue weighted by Gasteiger charge is 2.39. The molecule has 1 aromatic rings. The van der Waals surface area contributed by atoms with Crippen LogP contribution in [0.5, 0.6) is 0 Å². The molecule has 0 aliphatic carbocycles. The second-order valence-corrected chi connectivity index (χ2v) is 5.09. The Bertz CT molecular complexity index is 639. The minimum Gasteiger partial charge on any atom is -0.320 e. The van der Waals surface area contributed by atoms with Gasteiger partial charge in [0.05, 0.1) is 6.20 Å². The SMILES string of the molecule is Cc1cc(C)cc(NC2=N[N+]3(Cl)C=CN=CC3=N2)c1. The van der Waals surface area contributed by atoms with E-state index < -0.39 is 0 Å². The molecule has 0 fully saturated rings. The zero-order valence-corrected chi connectivity index (χ0v) is 11.4. The molecule has 1 aromatic carbocycles. The molecule has 1 atom stereocenters. The summed E-state index contributed by atoms with van der Waals surface area (Å²) in [6.45, 7) is 4.10. The fraction of sp³-hybridized carbons (Fsp3) is 0.154. The van der Waals surface area contributed by atoms with Crippen LogP contribution >= 0.6 is 11.8 Å². The van der Waals surface area contributed by atoms with Crippen molar-refractivity contribution in [2.24, 2.45) is 15.1 Å². The van der Waals surface area contributed by atoms with E-state index >= 15 is 0 Å². The van der Waals surface area contributed by atoms with Crippen LogP contribution in [0.25, 0.3) is 0 Å². The summed E-state index contributed by atoms with van der Waals surface area (Å²) in [4.78, 5) is 8.33. The Kier molecular flexibility index (Phi) is 2.73. The molecule has 2 heterocycles. The van der Waals surface area contributed by atoms with Crippen molar-refractivity contribution in [2.75, 3.05) is 5.32 Å². The molecule has 96 valence electrons. The number of hydrogen-bond donors (Lipinski definition) is 1. The normalized spacial score (nSPS) is 23.9. The molecule has 5 nitrogen and oxygen atoms in total. The van der Waals surface area contributed by atoms with Gasteiger partial charge in [-0.1, -0.05) is 6.07 Å². The molecule has 1 unspecified atom stereocenters. The van der Waals surface area contributed by atoms with E-state index in [-0.39, 0.29) is 4.11 Å². The average molecular weight is 275 g/mol.